The number of amides is 2. The fourth-order valence-corrected chi connectivity index (χ4v) is 4.37. The maximum atomic E-state index is 12.9. The summed E-state index contributed by atoms with van der Waals surface area (Å²) in [6.45, 7) is 10.2. The van der Waals surface area contributed by atoms with Gasteiger partial charge < -0.3 is 19.9 Å². The number of nitrogens with one attached hydrogen (secondary N) is 2. The molecule has 0 aliphatic carbocycles. The van der Waals surface area contributed by atoms with Crippen molar-refractivity contribution in [2.24, 2.45) is 5.92 Å². The summed E-state index contributed by atoms with van der Waals surface area (Å²) in [5.74, 6) is 1.02. The predicted molar refractivity (Wildman–Crippen MR) is 144 cm³/mol. The van der Waals surface area contributed by atoms with Gasteiger partial charge in [-0.05, 0) is 54.8 Å². The van der Waals surface area contributed by atoms with Crippen LogP contribution in [-0.4, -0.2) is 39.4 Å². The number of nitrogens with zero attached hydrogens (tertiary/aromatic N) is 3. The molecule has 36 heavy (non-hydrogen) atoms. The minimum Gasteiger partial charge on any atom is -0.497 e. The lowest BCUT2D eigenvalue weighted by Gasteiger charge is -2.22. The molecule has 10 heteroatoms. The second-order valence-electron chi connectivity index (χ2n) is 8.46. The molecule has 3 aromatic rings. The van der Waals surface area contributed by atoms with Crippen LogP contribution in [0.1, 0.15) is 41.6 Å². The molecule has 1 aromatic heterocycles. The van der Waals surface area contributed by atoms with E-state index in [9.17, 15) is 9.59 Å². The van der Waals surface area contributed by atoms with Crippen LogP contribution in [0.3, 0.4) is 0 Å². The molecule has 0 unspecified atom stereocenters. The average molecular weight is 528 g/mol. The quantitative estimate of drug-likeness (QED) is 0.259. The Balaban J connectivity index is 1.74. The Morgan fingerprint density at radius 1 is 1.19 bits per heavy atom. The molecule has 0 fully saturated rings. The fourth-order valence-electron chi connectivity index (χ4n) is 3.43. The van der Waals surface area contributed by atoms with Gasteiger partial charge in [0.05, 0.1) is 18.9 Å². The average Bonchev–Trinajstić information content (AvgIpc) is 3.25. The number of methoxy groups -OCH3 is 1. The minimum absolute atomic E-state index is 0.0346. The van der Waals surface area contributed by atoms with Gasteiger partial charge in [0.25, 0.3) is 5.91 Å². The van der Waals surface area contributed by atoms with E-state index >= 15 is 0 Å². The molecular formula is C26H30ClN5O3S. The van der Waals surface area contributed by atoms with Crippen molar-refractivity contribution in [1.82, 2.24) is 20.1 Å². The second-order valence-corrected chi connectivity index (χ2v) is 9.81. The maximum absolute atomic E-state index is 12.9. The highest BCUT2D eigenvalue weighted by Crippen LogP contribution is 2.26. The Kier molecular flexibility index (Phi) is 9.55. The molecule has 0 radical (unpaired) electrons. The zero-order chi connectivity index (χ0) is 26.2. The summed E-state index contributed by atoms with van der Waals surface area (Å²) in [6, 6.07) is 11.9. The van der Waals surface area contributed by atoms with Crippen LogP contribution in [0.15, 0.2) is 60.3 Å². The number of aryl methyl sites for hydroxylation is 1. The third kappa shape index (κ3) is 6.89. The number of aromatic nitrogens is 3. The van der Waals surface area contributed by atoms with Gasteiger partial charge in [-0.15, -0.1) is 16.8 Å². The lowest BCUT2D eigenvalue weighted by Crippen LogP contribution is -2.33. The van der Waals surface area contributed by atoms with E-state index in [1.807, 2.05) is 31.4 Å². The minimum atomic E-state index is -0.398. The second kappa shape index (κ2) is 12.6. The first kappa shape index (κ1) is 27.3. The summed E-state index contributed by atoms with van der Waals surface area (Å²) in [4.78, 5) is 25.5. The first-order chi connectivity index (χ1) is 17.2. The van der Waals surface area contributed by atoms with Gasteiger partial charge in [0.2, 0.25) is 5.91 Å². The molecule has 0 bridgehead atoms. The number of allylic oxidation sites excluding steroid dienone is 1. The van der Waals surface area contributed by atoms with Crippen molar-refractivity contribution in [3.05, 3.63) is 77.1 Å². The third-order valence-corrected chi connectivity index (χ3v) is 6.80. The number of thioether (sulfide) groups is 1. The Morgan fingerprint density at radius 2 is 1.92 bits per heavy atom. The van der Waals surface area contributed by atoms with Crippen LogP contribution in [0.4, 0.5) is 5.69 Å². The summed E-state index contributed by atoms with van der Waals surface area (Å²) in [5, 5.41) is 15.7. The number of ether oxygens (including phenoxy) is 1. The molecule has 8 nitrogen and oxygen atoms in total. The number of carbonyl (C=O) groups is 2. The lowest BCUT2D eigenvalue weighted by atomic mass is 10.0. The Morgan fingerprint density at radius 3 is 2.53 bits per heavy atom. The summed E-state index contributed by atoms with van der Waals surface area (Å²) in [5.41, 5.74) is 2.08. The van der Waals surface area contributed by atoms with Crippen molar-refractivity contribution in [2.45, 2.75) is 38.5 Å². The van der Waals surface area contributed by atoms with Crippen LogP contribution in [0.2, 0.25) is 5.02 Å². The van der Waals surface area contributed by atoms with Gasteiger partial charge in [-0.2, -0.15) is 0 Å². The van der Waals surface area contributed by atoms with Crippen LogP contribution in [-0.2, 0) is 11.3 Å². The molecule has 0 aliphatic rings. The SMILES string of the molecule is C=CCn1c(SCC(=O)Nc2ccc(C)c(Cl)c2)nnc1[C@@H](NC(=O)c1ccc(OC)cc1)C(C)C. The molecule has 0 aliphatic heterocycles. The van der Waals surface area contributed by atoms with Gasteiger partial charge in [0, 0.05) is 22.8 Å². The number of hydrogen-bond donors (Lipinski definition) is 2. The first-order valence-electron chi connectivity index (χ1n) is 11.4. The Hall–Kier alpha value is -3.30. The van der Waals surface area contributed by atoms with E-state index in [2.05, 4.69) is 27.4 Å². The Bertz CT molecular complexity index is 1230. The van der Waals surface area contributed by atoms with E-state index in [1.165, 1.54) is 11.8 Å². The number of anilines is 1. The van der Waals surface area contributed by atoms with Crippen LogP contribution >= 0.6 is 23.4 Å². The third-order valence-electron chi connectivity index (χ3n) is 5.43. The Labute approximate surface area is 220 Å². The van der Waals surface area contributed by atoms with Crippen molar-refractivity contribution in [3.63, 3.8) is 0 Å². The number of rotatable bonds is 11. The van der Waals surface area contributed by atoms with Gasteiger partial charge >= 0.3 is 0 Å². The molecule has 0 saturated heterocycles. The van der Waals surface area contributed by atoms with E-state index in [0.29, 0.717) is 39.5 Å². The highest BCUT2D eigenvalue weighted by atomic mass is 35.5. The molecule has 2 N–H and O–H groups in total. The van der Waals surface area contributed by atoms with Crippen LogP contribution in [0.5, 0.6) is 5.75 Å². The molecule has 2 amide bonds. The molecule has 0 spiro atoms. The number of hydrogen-bond acceptors (Lipinski definition) is 6. The van der Waals surface area contributed by atoms with E-state index in [-0.39, 0.29) is 23.5 Å². The standard InChI is InChI=1S/C26H30ClN5O3S/c1-6-13-32-24(23(16(2)3)29-25(34)18-8-11-20(35-5)12-9-18)30-31-26(32)36-15-22(33)28-19-10-7-17(4)21(27)14-19/h6-12,14,16,23H,1,13,15H2,2-5H3,(H,28,33)(H,29,34)/t23-/m0/s1. The molecule has 190 valence electrons. The van der Waals surface area contributed by atoms with Crippen molar-refractivity contribution in [1.29, 1.82) is 0 Å². The fraction of sp³-hybridized carbons (Fsp3) is 0.308. The van der Waals surface area contributed by atoms with E-state index in [1.54, 1.807) is 49.6 Å². The van der Waals surface area contributed by atoms with Crippen molar-refractivity contribution in [2.75, 3.05) is 18.2 Å². The smallest absolute Gasteiger partial charge is 0.251 e. The van der Waals surface area contributed by atoms with Gasteiger partial charge in [-0.1, -0.05) is 49.4 Å². The number of halogens is 1. The van der Waals surface area contributed by atoms with Crippen LogP contribution < -0.4 is 15.4 Å². The highest BCUT2D eigenvalue weighted by Gasteiger charge is 2.26. The zero-order valence-electron chi connectivity index (χ0n) is 20.7. The number of benzene rings is 2. The summed E-state index contributed by atoms with van der Waals surface area (Å²) in [7, 11) is 1.58. The molecule has 2 aromatic carbocycles. The summed E-state index contributed by atoms with van der Waals surface area (Å²) >= 11 is 7.41. The maximum Gasteiger partial charge on any atom is 0.251 e. The normalized spacial score (nSPS) is 11.7. The van der Waals surface area contributed by atoms with Crippen molar-refractivity contribution >= 4 is 40.9 Å². The van der Waals surface area contributed by atoms with Gasteiger partial charge in [0.15, 0.2) is 11.0 Å². The summed E-state index contributed by atoms with van der Waals surface area (Å²) in [6.07, 6.45) is 1.73. The monoisotopic (exact) mass is 527 g/mol. The largest absolute Gasteiger partial charge is 0.497 e. The van der Waals surface area contributed by atoms with E-state index < -0.39 is 6.04 Å². The molecule has 0 saturated carbocycles. The van der Waals surface area contributed by atoms with Gasteiger partial charge in [0.1, 0.15) is 5.75 Å². The number of carbonyl (C=O) groups excluding carboxylic acids is 2. The highest BCUT2D eigenvalue weighted by molar-refractivity contribution is 7.99. The zero-order valence-corrected chi connectivity index (χ0v) is 22.3. The van der Waals surface area contributed by atoms with Gasteiger partial charge in [-0.25, -0.2) is 0 Å². The van der Waals surface area contributed by atoms with Crippen molar-refractivity contribution < 1.29 is 14.3 Å². The lowest BCUT2D eigenvalue weighted by molar-refractivity contribution is -0.113. The molecule has 3 rings (SSSR count). The molecule has 1 atom stereocenters. The van der Waals surface area contributed by atoms with Crippen LogP contribution in [0, 0.1) is 12.8 Å². The van der Waals surface area contributed by atoms with Crippen LogP contribution in [0.25, 0.3) is 0 Å². The summed E-state index contributed by atoms with van der Waals surface area (Å²) < 4.78 is 7.03. The van der Waals surface area contributed by atoms with Crippen molar-refractivity contribution in [3.8, 4) is 5.75 Å². The first-order valence-corrected chi connectivity index (χ1v) is 12.8. The van der Waals surface area contributed by atoms with E-state index in [4.69, 9.17) is 16.3 Å². The molecular weight excluding hydrogens is 498 g/mol. The molecule has 1 heterocycles. The predicted octanol–water partition coefficient (Wildman–Crippen LogP) is 5.29. The van der Waals surface area contributed by atoms with E-state index in [0.717, 1.165) is 5.56 Å². The topological polar surface area (TPSA) is 98.1 Å². The van der Waals surface area contributed by atoms with Gasteiger partial charge in [-0.3, -0.25) is 9.59 Å².